The van der Waals surface area contributed by atoms with E-state index >= 15 is 0 Å². The highest BCUT2D eigenvalue weighted by atomic mass is 32.1. The number of morpholine rings is 1. The van der Waals surface area contributed by atoms with Crippen LogP contribution in [0.15, 0.2) is 60.7 Å². The Morgan fingerprint density at radius 3 is 2.38 bits per heavy atom. The van der Waals surface area contributed by atoms with Gasteiger partial charge in [0.05, 0.1) is 18.4 Å². The molecule has 2 heterocycles. The Bertz CT molecular complexity index is 893. The van der Waals surface area contributed by atoms with Crippen molar-refractivity contribution in [3.8, 4) is 21.8 Å². The third kappa shape index (κ3) is 3.41. The number of hydrogen-bond acceptors (Lipinski definition) is 4. The second kappa shape index (κ2) is 7.40. The molecule has 1 saturated heterocycles. The van der Waals surface area contributed by atoms with Crippen molar-refractivity contribution in [1.82, 2.24) is 9.88 Å². The molecule has 1 aliphatic heterocycles. The minimum Gasteiger partial charge on any atom is -0.375 e. The lowest BCUT2D eigenvalue weighted by molar-refractivity contribution is -0.0122. The fraction of sp³-hybridized carbons (Fsp3) is 0.238. The maximum atomic E-state index is 13.2. The molecule has 1 unspecified atom stereocenters. The fourth-order valence-corrected chi connectivity index (χ4v) is 4.17. The van der Waals surface area contributed by atoms with Crippen molar-refractivity contribution >= 4 is 17.2 Å². The Labute approximate surface area is 157 Å². The Kier molecular flexibility index (Phi) is 4.82. The molecule has 3 aromatic rings. The van der Waals surface area contributed by atoms with E-state index in [1.54, 1.807) is 0 Å². The van der Waals surface area contributed by atoms with Crippen LogP contribution in [0.1, 0.15) is 16.6 Å². The normalized spacial score (nSPS) is 17.3. The molecule has 1 aromatic heterocycles. The van der Waals surface area contributed by atoms with Crippen molar-refractivity contribution < 1.29 is 9.53 Å². The second-order valence-corrected chi connectivity index (χ2v) is 7.36. The highest BCUT2D eigenvalue weighted by Gasteiger charge is 2.27. The fourth-order valence-electron chi connectivity index (χ4n) is 3.11. The van der Waals surface area contributed by atoms with Gasteiger partial charge in [0.2, 0.25) is 0 Å². The number of rotatable bonds is 3. The van der Waals surface area contributed by atoms with Crippen LogP contribution in [-0.2, 0) is 4.74 Å². The summed E-state index contributed by atoms with van der Waals surface area (Å²) in [6.45, 7) is 3.82. The first-order valence-corrected chi connectivity index (χ1v) is 9.56. The molecule has 2 aromatic carbocycles. The van der Waals surface area contributed by atoms with Crippen LogP contribution in [-0.4, -0.2) is 41.6 Å². The number of amides is 1. The van der Waals surface area contributed by atoms with E-state index in [1.165, 1.54) is 11.3 Å². The number of hydrogen-bond donors (Lipinski definition) is 0. The monoisotopic (exact) mass is 364 g/mol. The van der Waals surface area contributed by atoms with Crippen molar-refractivity contribution in [1.29, 1.82) is 0 Å². The van der Waals surface area contributed by atoms with Crippen LogP contribution in [0.5, 0.6) is 0 Å². The third-order valence-electron chi connectivity index (χ3n) is 4.42. The van der Waals surface area contributed by atoms with Crippen LogP contribution < -0.4 is 0 Å². The smallest absolute Gasteiger partial charge is 0.266 e. The summed E-state index contributed by atoms with van der Waals surface area (Å²) in [7, 11) is 0. The standard InChI is InChI=1S/C21H20N2O2S/c1-15-14-23(12-13-25-15)21(24)19-18(16-8-4-2-5-9-16)22-20(26-19)17-10-6-3-7-11-17/h2-11,15H,12-14H2,1H3. The zero-order valence-electron chi connectivity index (χ0n) is 14.6. The molecule has 1 fully saturated rings. The first kappa shape index (κ1) is 16.9. The van der Waals surface area contributed by atoms with Gasteiger partial charge in [0.15, 0.2) is 0 Å². The molecule has 0 saturated carbocycles. The molecular formula is C21H20N2O2S. The van der Waals surface area contributed by atoms with E-state index in [2.05, 4.69) is 0 Å². The van der Waals surface area contributed by atoms with Gasteiger partial charge >= 0.3 is 0 Å². The highest BCUT2D eigenvalue weighted by Crippen LogP contribution is 2.34. The minimum atomic E-state index is 0.0404. The third-order valence-corrected chi connectivity index (χ3v) is 5.51. The number of benzene rings is 2. The van der Waals surface area contributed by atoms with Crippen molar-refractivity contribution in [3.63, 3.8) is 0 Å². The van der Waals surface area contributed by atoms with E-state index in [-0.39, 0.29) is 12.0 Å². The summed E-state index contributed by atoms with van der Waals surface area (Å²) >= 11 is 1.47. The Morgan fingerprint density at radius 1 is 1.08 bits per heavy atom. The summed E-state index contributed by atoms with van der Waals surface area (Å²) in [6, 6.07) is 19.9. The van der Waals surface area contributed by atoms with Crippen LogP contribution in [0.2, 0.25) is 0 Å². The maximum Gasteiger partial charge on any atom is 0.266 e. The average Bonchev–Trinajstić information content (AvgIpc) is 3.14. The second-order valence-electron chi connectivity index (χ2n) is 6.36. The Balaban J connectivity index is 1.77. The molecular weight excluding hydrogens is 344 g/mol. The summed E-state index contributed by atoms with van der Waals surface area (Å²) < 4.78 is 5.58. The van der Waals surface area contributed by atoms with Crippen molar-refractivity contribution in [2.24, 2.45) is 0 Å². The number of nitrogens with zero attached hydrogens (tertiary/aromatic N) is 2. The summed E-state index contributed by atoms with van der Waals surface area (Å²) in [5.74, 6) is 0.0404. The molecule has 132 valence electrons. The lowest BCUT2D eigenvalue weighted by Crippen LogP contribution is -2.44. The number of aromatic nitrogens is 1. The van der Waals surface area contributed by atoms with Gasteiger partial charge in [-0.1, -0.05) is 60.7 Å². The molecule has 1 aliphatic rings. The SMILES string of the molecule is CC1CN(C(=O)c2sc(-c3ccccc3)nc2-c2ccccc2)CCO1. The largest absolute Gasteiger partial charge is 0.375 e. The van der Waals surface area contributed by atoms with Gasteiger partial charge in [-0.05, 0) is 6.92 Å². The van der Waals surface area contributed by atoms with Crippen molar-refractivity contribution in [3.05, 3.63) is 65.5 Å². The summed E-state index contributed by atoms with van der Waals surface area (Å²) in [4.78, 5) is 20.6. The van der Waals surface area contributed by atoms with E-state index in [4.69, 9.17) is 9.72 Å². The highest BCUT2D eigenvalue weighted by molar-refractivity contribution is 7.17. The maximum absolute atomic E-state index is 13.2. The van der Waals surface area contributed by atoms with Crippen LogP contribution >= 0.6 is 11.3 Å². The lowest BCUT2D eigenvalue weighted by Gasteiger charge is -2.31. The van der Waals surface area contributed by atoms with E-state index in [1.807, 2.05) is 72.5 Å². The predicted octanol–water partition coefficient (Wildman–Crippen LogP) is 4.34. The van der Waals surface area contributed by atoms with Crippen molar-refractivity contribution in [2.45, 2.75) is 13.0 Å². The van der Waals surface area contributed by atoms with Gasteiger partial charge in [0, 0.05) is 24.2 Å². The van der Waals surface area contributed by atoms with E-state index in [9.17, 15) is 4.79 Å². The number of carbonyl (C=O) groups is 1. The molecule has 1 atom stereocenters. The molecule has 0 aliphatic carbocycles. The summed E-state index contributed by atoms with van der Waals surface area (Å²) in [5.41, 5.74) is 2.76. The minimum absolute atomic E-state index is 0.0404. The number of ether oxygens (including phenoxy) is 1. The van der Waals surface area contributed by atoms with Crippen LogP contribution in [0.3, 0.4) is 0 Å². The molecule has 4 rings (SSSR count). The zero-order chi connectivity index (χ0) is 17.9. The Hall–Kier alpha value is -2.50. The van der Waals surface area contributed by atoms with E-state index in [0.29, 0.717) is 24.6 Å². The topological polar surface area (TPSA) is 42.4 Å². The van der Waals surface area contributed by atoms with Gasteiger partial charge in [0.25, 0.3) is 5.91 Å². The summed E-state index contributed by atoms with van der Waals surface area (Å²) in [5, 5.41) is 0.870. The van der Waals surface area contributed by atoms with Gasteiger partial charge in [-0.25, -0.2) is 4.98 Å². The molecule has 0 N–H and O–H groups in total. The van der Waals surface area contributed by atoms with Crippen molar-refractivity contribution in [2.75, 3.05) is 19.7 Å². The zero-order valence-corrected chi connectivity index (χ0v) is 15.4. The predicted molar refractivity (Wildman–Crippen MR) is 104 cm³/mol. The number of thiazole rings is 1. The molecule has 5 heteroatoms. The van der Waals surface area contributed by atoms with Crippen LogP contribution in [0, 0.1) is 0 Å². The quantitative estimate of drug-likeness (QED) is 0.694. The number of carbonyl (C=O) groups excluding carboxylic acids is 1. The van der Waals surface area contributed by atoms with Gasteiger partial charge in [-0.2, -0.15) is 0 Å². The van der Waals surface area contributed by atoms with Crippen LogP contribution in [0.4, 0.5) is 0 Å². The first-order chi connectivity index (χ1) is 12.7. The molecule has 0 spiro atoms. The molecule has 0 bridgehead atoms. The lowest BCUT2D eigenvalue weighted by atomic mass is 10.1. The van der Waals surface area contributed by atoms with Gasteiger partial charge in [0.1, 0.15) is 9.88 Å². The van der Waals surface area contributed by atoms with Crippen LogP contribution in [0.25, 0.3) is 21.8 Å². The van der Waals surface area contributed by atoms with E-state index in [0.717, 1.165) is 21.8 Å². The Morgan fingerprint density at radius 2 is 1.73 bits per heavy atom. The van der Waals surface area contributed by atoms with Gasteiger partial charge in [-0.15, -0.1) is 11.3 Å². The first-order valence-electron chi connectivity index (χ1n) is 8.75. The summed E-state index contributed by atoms with van der Waals surface area (Å²) in [6.07, 6.45) is 0.0643. The van der Waals surface area contributed by atoms with Gasteiger partial charge in [-0.3, -0.25) is 4.79 Å². The molecule has 0 radical (unpaired) electrons. The molecule has 26 heavy (non-hydrogen) atoms. The molecule has 1 amide bonds. The van der Waals surface area contributed by atoms with Gasteiger partial charge < -0.3 is 9.64 Å². The average molecular weight is 364 g/mol. The molecule has 4 nitrogen and oxygen atoms in total. The van der Waals surface area contributed by atoms with E-state index < -0.39 is 0 Å².